The number of anilines is 1. The molecule has 1 unspecified atom stereocenters. The molecule has 0 radical (unpaired) electrons. The number of pyridine rings is 1. The average Bonchev–Trinajstić information content (AvgIpc) is 3.58. The molecule has 2 fully saturated rings. The van der Waals surface area contributed by atoms with Crippen LogP contribution in [0.15, 0.2) is 73.1 Å². The van der Waals surface area contributed by atoms with Crippen molar-refractivity contribution in [2.75, 3.05) is 31.2 Å². The molecule has 2 saturated heterocycles. The maximum Gasteiger partial charge on any atom is 0.322 e. The van der Waals surface area contributed by atoms with Crippen molar-refractivity contribution in [3.63, 3.8) is 0 Å². The van der Waals surface area contributed by atoms with Gasteiger partial charge in [-0.2, -0.15) is 0 Å². The third-order valence-electron chi connectivity index (χ3n) is 7.16. The van der Waals surface area contributed by atoms with E-state index in [9.17, 15) is 9.59 Å². The molecule has 0 bridgehead atoms. The van der Waals surface area contributed by atoms with Crippen LogP contribution in [-0.4, -0.2) is 57.6 Å². The molecule has 0 saturated carbocycles. The van der Waals surface area contributed by atoms with Gasteiger partial charge in [0.1, 0.15) is 6.04 Å². The Bertz CT molecular complexity index is 1790. The van der Waals surface area contributed by atoms with Crippen LogP contribution in [0.25, 0.3) is 40.0 Å². The Balaban J connectivity index is 1.26. The Morgan fingerprint density at radius 1 is 0.900 bits per heavy atom. The number of urea groups is 1. The molecule has 10 nitrogen and oxygen atoms in total. The fraction of sp³-hybridized carbons (Fsp3) is 0.167. The summed E-state index contributed by atoms with van der Waals surface area (Å²) >= 11 is 0. The summed E-state index contributed by atoms with van der Waals surface area (Å²) in [7, 11) is 0. The lowest BCUT2D eigenvalue weighted by atomic mass is 10.0. The van der Waals surface area contributed by atoms with E-state index in [2.05, 4.69) is 21.6 Å². The van der Waals surface area contributed by atoms with Crippen LogP contribution in [0.2, 0.25) is 0 Å². The minimum Gasteiger partial charge on any atom is -0.378 e. The van der Waals surface area contributed by atoms with Crippen molar-refractivity contribution in [3.05, 3.63) is 90.0 Å². The zero-order valence-corrected chi connectivity index (χ0v) is 21.4. The summed E-state index contributed by atoms with van der Waals surface area (Å²) in [6, 6.07) is 18.4. The first-order valence-corrected chi connectivity index (χ1v) is 13.1. The smallest absolute Gasteiger partial charge is 0.322 e. The molecule has 10 heteroatoms. The minimum atomic E-state index is -0.697. The molecule has 2 aromatic carbocycles. The summed E-state index contributed by atoms with van der Waals surface area (Å²) in [5, 5.41) is 6.01. The number of morpholine rings is 1. The highest BCUT2D eigenvalue weighted by atomic mass is 16.5. The zero-order valence-electron chi connectivity index (χ0n) is 21.4. The fourth-order valence-electron chi connectivity index (χ4n) is 5.12. The van der Waals surface area contributed by atoms with Gasteiger partial charge < -0.3 is 15.0 Å². The zero-order chi connectivity index (χ0) is 27.1. The number of ether oxygens (including phenoxy) is 1. The second-order valence-corrected chi connectivity index (χ2v) is 9.71. The monoisotopic (exact) mass is 531 g/mol. The molecule has 2 aliphatic rings. The van der Waals surface area contributed by atoms with Gasteiger partial charge in [-0.25, -0.2) is 19.7 Å². The van der Waals surface area contributed by atoms with Gasteiger partial charge in [0.05, 0.1) is 42.0 Å². The topological polar surface area (TPSA) is 114 Å². The number of carbonyl (C=O) groups excluding carboxylic acids is 2. The van der Waals surface area contributed by atoms with Crippen molar-refractivity contribution >= 4 is 46.5 Å². The van der Waals surface area contributed by atoms with Gasteiger partial charge in [-0.3, -0.25) is 14.5 Å². The lowest BCUT2D eigenvalue weighted by molar-refractivity contribution is -0.120. The van der Waals surface area contributed by atoms with Crippen molar-refractivity contribution in [3.8, 4) is 11.3 Å². The number of nitrogens with zero attached hydrogens (tertiary/aromatic N) is 5. The predicted octanol–water partition coefficient (Wildman–Crippen LogP) is 3.83. The number of hydrogen-bond donors (Lipinski definition) is 2. The van der Waals surface area contributed by atoms with Gasteiger partial charge in [0.15, 0.2) is 11.5 Å². The van der Waals surface area contributed by atoms with E-state index in [1.807, 2.05) is 83.5 Å². The van der Waals surface area contributed by atoms with Crippen molar-refractivity contribution in [1.29, 1.82) is 0 Å². The highest BCUT2D eigenvalue weighted by molar-refractivity contribution is 6.04. The van der Waals surface area contributed by atoms with Gasteiger partial charge in [-0.1, -0.05) is 48.5 Å². The maximum absolute atomic E-state index is 12.1. The predicted molar refractivity (Wildman–Crippen MR) is 152 cm³/mol. The Kier molecular flexibility index (Phi) is 5.94. The number of nitrogens with one attached hydrogen (secondary N) is 2. The molecular formula is C30H25N7O3. The third kappa shape index (κ3) is 4.44. The highest BCUT2D eigenvalue weighted by Gasteiger charge is 2.30. The normalized spacial score (nSPS) is 17.6. The lowest BCUT2D eigenvalue weighted by Gasteiger charge is -2.28. The van der Waals surface area contributed by atoms with E-state index in [4.69, 9.17) is 19.7 Å². The highest BCUT2D eigenvalue weighted by Crippen LogP contribution is 2.29. The number of hydrogen-bond acceptors (Lipinski definition) is 7. The molecule has 3 amide bonds. The van der Waals surface area contributed by atoms with Crippen LogP contribution in [0.5, 0.6) is 0 Å². The van der Waals surface area contributed by atoms with Gasteiger partial charge in [0.2, 0.25) is 0 Å². The van der Waals surface area contributed by atoms with Crippen LogP contribution in [-0.2, 0) is 9.53 Å². The van der Waals surface area contributed by atoms with Gasteiger partial charge in [0.25, 0.3) is 5.91 Å². The lowest BCUT2D eigenvalue weighted by Crippen LogP contribution is -2.37. The number of imide groups is 1. The second kappa shape index (κ2) is 9.90. The molecule has 2 N–H and O–H groups in total. The van der Waals surface area contributed by atoms with E-state index < -0.39 is 12.1 Å². The summed E-state index contributed by atoms with van der Waals surface area (Å²) in [5.74, 6) is 0.445. The first kappa shape index (κ1) is 24.0. The van der Waals surface area contributed by atoms with Crippen LogP contribution < -0.4 is 15.5 Å². The minimum absolute atomic E-state index is 0.358. The standard InChI is InChI=1S/C30H25N7O3/c38-29-26(34-30(39)35-29)21-7-5-20(6-8-21)25-17-31-27(36-13-15-40-16-14-36)28-33-23(18-37(25)28)12-11-22-10-9-19-3-1-2-4-24(19)32-22/h1-12,17-18,26H,13-16H2,(H2,34,35,38,39). The molecule has 2 aliphatic heterocycles. The number of benzene rings is 2. The summed E-state index contributed by atoms with van der Waals surface area (Å²) in [6.45, 7) is 2.77. The SMILES string of the molecule is O=C1NC(=O)C(c2ccc(-c3cnc(N4CCOCC4)c4nc(C=Cc5ccc6ccccc6n5)cn34)cc2)N1. The first-order chi connectivity index (χ1) is 19.6. The van der Waals surface area contributed by atoms with E-state index >= 15 is 0 Å². The fourth-order valence-corrected chi connectivity index (χ4v) is 5.12. The summed E-state index contributed by atoms with van der Waals surface area (Å²) in [5.41, 5.74) is 5.79. The first-order valence-electron chi connectivity index (χ1n) is 13.1. The Morgan fingerprint density at radius 2 is 1.70 bits per heavy atom. The third-order valence-corrected chi connectivity index (χ3v) is 7.16. The van der Waals surface area contributed by atoms with E-state index in [0.29, 0.717) is 18.8 Å². The molecule has 40 heavy (non-hydrogen) atoms. The molecule has 5 heterocycles. The number of carbonyl (C=O) groups is 2. The molecule has 0 spiro atoms. The number of fused-ring (bicyclic) bond motifs is 2. The van der Waals surface area contributed by atoms with Crippen LogP contribution >= 0.6 is 0 Å². The van der Waals surface area contributed by atoms with E-state index in [1.165, 1.54) is 0 Å². The van der Waals surface area contributed by atoms with Gasteiger partial charge in [0, 0.05) is 30.2 Å². The second-order valence-electron chi connectivity index (χ2n) is 9.71. The maximum atomic E-state index is 12.1. The quantitative estimate of drug-likeness (QED) is 0.331. The Morgan fingerprint density at radius 3 is 2.50 bits per heavy atom. The average molecular weight is 532 g/mol. The van der Waals surface area contributed by atoms with Gasteiger partial charge >= 0.3 is 6.03 Å². The summed E-state index contributed by atoms with van der Waals surface area (Å²) in [6.07, 6.45) is 7.76. The molecule has 1 atom stereocenters. The molecule has 3 aromatic heterocycles. The summed E-state index contributed by atoms with van der Waals surface area (Å²) in [4.78, 5) is 40.4. The Hall–Kier alpha value is -5.09. The Labute approximate surface area is 229 Å². The number of imidazole rings is 1. The number of amides is 3. The van der Waals surface area contributed by atoms with Gasteiger partial charge in [-0.15, -0.1) is 0 Å². The largest absolute Gasteiger partial charge is 0.378 e. The van der Waals surface area contributed by atoms with E-state index in [-0.39, 0.29) is 5.91 Å². The van der Waals surface area contributed by atoms with Crippen LogP contribution in [0.1, 0.15) is 23.0 Å². The molecule has 198 valence electrons. The molecular weight excluding hydrogens is 506 g/mol. The van der Waals surface area contributed by atoms with Crippen LogP contribution in [0, 0.1) is 0 Å². The van der Waals surface area contributed by atoms with Crippen molar-refractivity contribution in [2.45, 2.75) is 6.04 Å². The van der Waals surface area contributed by atoms with E-state index in [1.54, 1.807) is 0 Å². The van der Waals surface area contributed by atoms with Crippen molar-refractivity contribution in [1.82, 2.24) is 30.0 Å². The van der Waals surface area contributed by atoms with Crippen LogP contribution in [0.3, 0.4) is 0 Å². The molecule has 7 rings (SSSR count). The van der Waals surface area contributed by atoms with Crippen LogP contribution in [0.4, 0.5) is 10.6 Å². The number of aromatic nitrogens is 4. The van der Waals surface area contributed by atoms with Gasteiger partial charge in [-0.05, 0) is 29.8 Å². The number of rotatable bonds is 5. The number of para-hydroxylation sites is 1. The van der Waals surface area contributed by atoms with Crippen molar-refractivity contribution < 1.29 is 14.3 Å². The van der Waals surface area contributed by atoms with E-state index in [0.717, 1.165) is 58.1 Å². The van der Waals surface area contributed by atoms with Crippen molar-refractivity contribution in [2.24, 2.45) is 0 Å². The molecule has 5 aromatic rings. The summed E-state index contributed by atoms with van der Waals surface area (Å²) < 4.78 is 7.59. The molecule has 0 aliphatic carbocycles.